The average molecular weight is 212 g/mol. The van der Waals surface area contributed by atoms with Gasteiger partial charge in [-0.25, -0.2) is 14.8 Å². The van der Waals surface area contributed by atoms with E-state index in [1.54, 1.807) is 17.5 Å². The summed E-state index contributed by atoms with van der Waals surface area (Å²) in [7, 11) is 0. The van der Waals surface area contributed by atoms with Gasteiger partial charge in [0.05, 0.1) is 5.69 Å². The zero-order valence-corrected chi connectivity index (χ0v) is 7.99. The van der Waals surface area contributed by atoms with Crippen LogP contribution in [0.1, 0.15) is 16.2 Å². The third kappa shape index (κ3) is 1.22. The highest BCUT2D eigenvalue weighted by molar-refractivity contribution is 6.33. The lowest BCUT2D eigenvalue weighted by Crippen LogP contribution is -1.99. The van der Waals surface area contributed by atoms with E-state index in [-0.39, 0.29) is 10.8 Å². The number of fused-ring (bicyclic) bond motifs is 1. The number of nitrogens with zero attached hydrogens (tertiary/aromatic N) is 3. The van der Waals surface area contributed by atoms with E-state index >= 15 is 0 Å². The second kappa shape index (κ2) is 2.95. The summed E-state index contributed by atoms with van der Waals surface area (Å²) < 4.78 is 1.55. The van der Waals surface area contributed by atoms with Crippen molar-refractivity contribution in [2.75, 3.05) is 0 Å². The van der Waals surface area contributed by atoms with Crippen LogP contribution in [0.4, 0.5) is 0 Å². The van der Waals surface area contributed by atoms with Gasteiger partial charge in [0.1, 0.15) is 11.8 Å². The van der Waals surface area contributed by atoms with Gasteiger partial charge in [0.2, 0.25) is 0 Å². The minimum absolute atomic E-state index is 0.0810. The van der Waals surface area contributed by atoms with E-state index in [2.05, 4.69) is 9.97 Å². The van der Waals surface area contributed by atoms with Crippen molar-refractivity contribution in [3.05, 3.63) is 29.1 Å². The fourth-order valence-corrected chi connectivity index (χ4v) is 1.58. The number of rotatable bonds is 1. The maximum absolute atomic E-state index is 10.8. The highest BCUT2D eigenvalue weighted by atomic mass is 35.5. The van der Waals surface area contributed by atoms with Crippen LogP contribution in [-0.2, 0) is 0 Å². The fourth-order valence-electron chi connectivity index (χ4n) is 1.26. The van der Waals surface area contributed by atoms with Crippen LogP contribution in [0.25, 0.3) is 5.52 Å². The lowest BCUT2D eigenvalue weighted by Gasteiger charge is -1.98. The Morgan fingerprint density at radius 1 is 1.64 bits per heavy atom. The molecule has 2 rings (SSSR count). The Bertz CT molecular complexity index is 521. The summed E-state index contributed by atoms with van der Waals surface area (Å²) in [5, 5.41) is 8.96. The monoisotopic (exact) mass is 211 g/mol. The standard InChI is InChI=1S/C8H6ClN3O2/c1-4-2-12-3-10-5(8(13)14)6(12)7(9)11-4/h2-3H,1H3,(H,13,14). The second-order valence-corrected chi connectivity index (χ2v) is 3.19. The average Bonchev–Trinajstić information content (AvgIpc) is 2.47. The van der Waals surface area contributed by atoms with Crippen LogP contribution in [-0.4, -0.2) is 25.4 Å². The van der Waals surface area contributed by atoms with Gasteiger partial charge in [-0.05, 0) is 6.92 Å². The van der Waals surface area contributed by atoms with E-state index in [1.807, 2.05) is 0 Å². The predicted molar refractivity (Wildman–Crippen MR) is 49.7 cm³/mol. The highest BCUT2D eigenvalue weighted by Crippen LogP contribution is 2.18. The molecule has 0 aromatic carbocycles. The molecule has 2 aromatic heterocycles. The van der Waals surface area contributed by atoms with Gasteiger partial charge in [-0.15, -0.1) is 0 Å². The van der Waals surface area contributed by atoms with Crippen molar-refractivity contribution in [2.45, 2.75) is 6.92 Å². The van der Waals surface area contributed by atoms with E-state index in [0.717, 1.165) is 0 Å². The fraction of sp³-hybridized carbons (Fsp3) is 0.125. The van der Waals surface area contributed by atoms with E-state index in [4.69, 9.17) is 16.7 Å². The molecule has 0 spiro atoms. The summed E-state index contributed by atoms with van der Waals surface area (Å²) in [5.74, 6) is -1.11. The van der Waals surface area contributed by atoms with Crippen LogP contribution in [0.15, 0.2) is 12.5 Å². The van der Waals surface area contributed by atoms with Crippen molar-refractivity contribution < 1.29 is 9.90 Å². The Morgan fingerprint density at radius 2 is 2.36 bits per heavy atom. The highest BCUT2D eigenvalue weighted by Gasteiger charge is 2.15. The van der Waals surface area contributed by atoms with Crippen LogP contribution in [0.2, 0.25) is 5.15 Å². The predicted octanol–water partition coefficient (Wildman–Crippen LogP) is 1.39. The number of imidazole rings is 1. The number of hydrogen-bond donors (Lipinski definition) is 1. The first-order valence-corrected chi connectivity index (χ1v) is 4.20. The van der Waals surface area contributed by atoms with Crippen LogP contribution in [0.3, 0.4) is 0 Å². The first-order valence-electron chi connectivity index (χ1n) is 3.82. The van der Waals surface area contributed by atoms with E-state index in [0.29, 0.717) is 11.2 Å². The molecule has 0 radical (unpaired) electrons. The lowest BCUT2D eigenvalue weighted by molar-refractivity contribution is 0.0693. The first-order chi connectivity index (χ1) is 6.59. The quantitative estimate of drug-likeness (QED) is 0.774. The molecule has 1 N–H and O–H groups in total. The van der Waals surface area contributed by atoms with E-state index in [9.17, 15) is 4.79 Å². The molecule has 0 saturated heterocycles. The molecule has 0 saturated carbocycles. The Hall–Kier alpha value is -1.62. The van der Waals surface area contributed by atoms with Crippen molar-refractivity contribution in [3.63, 3.8) is 0 Å². The summed E-state index contributed by atoms with van der Waals surface area (Å²) >= 11 is 5.82. The Kier molecular flexibility index (Phi) is 1.89. The molecule has 0 unspecified atom stereocenters. The van der Waals surface area contributed by atoms with Crippen LogP contribution in [0.5, 0.6) is 0 Å². The van der Waals surface area contributed by atoms with Gasteiger partial charge in [0, 0.05) is 6.20 Å². The molecule has 6 heteroatoms. The number of carbonyl (C=O) groups is 1. The van der Waals surface area contributed by atoms with E-state index in [1.165, 1.54) is 6.33 Å². The van der Waals surface area contributed by atoms with Gasteiger partial charge in [-0.1, -0.05) is 11.6 Å². The molecule has 0 aliphatic heterocycles. The van der Waals surface area contributed by atoms with Crippen molar-refractivity contribution in [3.8, 4) is 0 Å². The first kappa shape index (κ1) is 8.96. The Morgan fingerprint density at radius 3 is 3.00 bits per heavy atom. The van der Waals surface area contributed by atoms with E-state index < -0.39 is 5.97 Å². The molecule has 14 heavy (non-hydrogen) atoms. The molecule has 0 amide bonds. The van der Waals surface area contributed by atoms with Gasteiger partial charge < -0.3 is 9.51 Å². The van der Waals surface area contributed by atoms with Crippen molar-refractivity contribution in [2.24, 2.45) is 0 Å². The molecule has 0 atom stereocenters. The van der Waals surface area contributed by atoms with Gasteiger partial charge in [-0.3, -0.25) is 0 Å². The van der Waals surface area contributed by atoms with Crippen molar-refractivity contribution >= 4 is 23.1 Å². The third-order valence-corrected chi connectivity index (χ3v) is 2.06. The zero-order valence-electron chi connectivity index (χ0n) is 7.23. The molecule has 2 aromatic rings. The molecule has 0 fully saturated rings. The normalized spacial score (nSPS) is 10.7. The molecule has 5 nitrogen and oxygen atoms in total. The van der Waals surface area contributed by atoms with Crippen LogP contribution >= 0.6 is 11.6 Å². The number of carboxylic acid groups (broad SMARTS) is 1. The number of aryl methyl sites for hydroxylation is 1. The molecular weight excluding hydrogens is 206 g/mol. The minimum atomic E-state index is -1.11. The number of carboxylic acids is 1. The molecule has 0 bridgehead atoms. The third-order valence-electron chi connectivity index (χ3n) is 1.79. The number of aromatic carboxylic acids is 1. The summed E-state index contributed by atoms with van der Waals surface area (Å²) in [6.45, 7) is 1.77. The molecule has 72 valence electrons. The zero-order chi connectivity index (χ0) is 10.3. The van der Waals surface area contributed by atoms with Crippen LogP contribution < -0.4 is 0 Å². The van der Waals surface area contributed by atoms with Gasteiger partial charge in [0.15, 0.2) is 10.8 Å². The smallest absolute Gasteiger partial charge is 0.356 e. The van der Waals surface area contributed by atoms with Crippen molar-refractivity contribution in [1.29, 1.82) is 0 Å². The minimum Gasteiger partial charge on any atom is -0.476 e. The largest absolute Gasteiger partial charge is 0.476 e. The summed E-state index contributed by atoms with van der Waals surface area (Å²) in [4.78, 5) is 18.4. The Labute approximate surface area is 84.0 Å². The number of halogens is 1. The number of aromatic nitrogens is 3. The topological polar surface area (TPSA) is 67.5 Å². The summed E-state index contributed by atoms with van der Waals surface area (Å²) in [5.41, 5.74) is 0.948. The molecule has 0 aliphatic rings. The summed E-state index contributed by atoms with van der Waals surface area (Å²) in [6.07, 6.45) is 3.07. The molecule has 0 aliphatic carbocycles. The van der Waals surface area contributed by atoms with Crippen LogP contribution in [0, 0.1) is 6.92 Å². The van der Waals surface area contributed by atoms with Gasteiger partial charge in [0.25, 0.3) is 0 Å². The number of hydrogen-bond acceptors (Lipinski definition) is 3. The summed E-state index contributed by atoms with van der Waals surface area (Å²) in [6, 6.07) is 0. The molecular formula is C8H6ClN3O2. The Balaban J connectivity index is 2.85. The molecule has 2 heterocycles. The van der Waals surface area contributed by atoms with Crippen molar-refractivity contribution in [1.82, 2.24) is 14.4 Å². The maximum atomic E-state index is 10.8. The lowest BCUT2D eigenvalue weighted by atomic mass is 10.4. The SMILES string of the molecule is Cc1cn2cnc(C(=O)O)c2c(Cl)n1. The van der Waals surface area contributed by atoms with Gasteiger partial charge >= 0.3 is 5.97 Å². The van der Waals surface area contributed by atoms with Gasteiger partial charge in [-0.2, -0.15) is 0 Å². The second-order valence-electron chi connectivity index (χ2n) is 2.83. The maximum Gasteiger partial charge on any atom is 0.356 e.